The maximum Gasteiger partial charge on any atom is 0.258 e. The Kier molecular flexibility index (Phi) is 9.83. The third-order valence-corrected chi connectivity index (χ3v) is 11.6. The average molecular weight is 631 g/mol. The first-order valence-electron chi connectivity index (χ1n) is 15.4. The van der Waals surface area contributed by atoms with Gasteiger partial charge in [-0.3, -0.25) is 14.4 Å². The Morgan fingerprint density at radius 2 is 1.88 bits per heavy atom. The van der Waals surface area contributed by atoms with Crippen LogP contribution in [0.5, 0.6) is 0 Å². The van der Waals surface area contributed by atoms with Crippen molar-refractivity contribution in [1.29, 1.82) is 0 Å². The number of thioether (sulfide) groups is 1. The molecule has 1 aromatic carbocycles. The van der Waals surface area contributed by atoms with E-state index in [1.165, 1.54) is 24.2 Å². The van der Waals surface area contributed by atoms with Crippen LogP contribution in [0, 0.1) is 12.8 Å². The number of aryl methyl sites for hydroxylation is 1. The van der Waals surface area contributed by atoms with Crippen molar-refractivity contribution >= 4 is 40.8 Å². The molecule has 43 heavy (non-hydrogen) atoms. The molecule has 11 heteroatoms. The Labute approximate surface area is 261 Å². The summed E-state index contributed by atoms with van der Waals surface area (Å²) < 4.78 is 14.0. The largest absolute Gasteiger partial charge is 0.391 e. The van der Waals surface area contributed by atoms with E-state index in [0.717, 1.165) is 40.3 Å². The zero-order valence-electron chi connectivity index (χ0n) is 25.2. The van der Waals surface area contributed by atoms with E-state index < -0.39 is 40.4 Å². The minimum absolute atomic E-state index is 0.0175. The van der Waals surface area contributed by atoms with Crippen LogP contribution in [0.2, 0.25) is 0 Å². The number of halogens is 1. The molecule has 2 heterocycles. The number of thiazole rings is 1. The van der Waals surface area contributed by atoms with Crippen molar-refractivity contribution in [3.8, 4) is 10.4 Å². The number of aliphatic hydroxyl groups excluding tert-OH is 1. The maximum atomic E-state index is 14.8. The molecule has 1 aliphatic heterocycles. The van der Waals surface area contributed by atoms with Crippen molar-refractivity contribution < 1.29 is 23.9 Å². The highest BCUT2D eigenvalue weighted by molar-refractivity contribution is 8.00. The highest BCUT2D eigenvalue weighted by Crippen LogP contribution is 2.41. The van der Waals surface area contributed by atoms with Gasteiger partial charge in [0, 0.05) is 24.3 Å². The number of aromatic nitrogens is 1. The molecule has 234 valence electrons. The van der Waals surface area contributed by atoms with Crippen molar-refractivity contribution in [2.75, 3.05) is 12.3 Å². The van der Waals surface area contributed by atoms with Gasteiger partial charge in [-0.2, -0.15) is 11.8 Å². The number of nitrogens with one attached hydrogen (secondary N) is 2. The zero-order chi connectivity index (χ0) is 30.8. The van der Waals surface area contributed by atoms with E-state index in [4.69, 9.17) is 0 Å². The van der Waals surface area contributed by atoms with Crippen LogP contribution in [0.3, 0.4) is 0 Å². The summed E-state index contributed by atoms with van der Waals surface area (Å²) in [7, 11) is 0. The second-order valence-electron chi connectivity index (χ2n) is 12.9. The van der Waals surface area contributed by atoms with Crippen molar-refractivity contribution in [1.82, 2.24) is 20.5 Å². The topological polar surface area (TPSA) is 112 Å². The highest BCUT2D eigenvalue weighted by atomic mass is 32.2. The van der Waals surface area contributed by atoms with Crippen LogP contribution in [0.25, 0.3) is 10.4 Å². The van der Waals surface area contributed by atoms with E-state index in [1.54, 1.807) is 23.1 Å². The van der Waals surface area contributed by atoms with Crippen molar-refractivity contribution in [3.63, 3.8) is 0 Å². The summed E-state index contributed by atoms with van der Waals surface area (Å²) in [5, 5.41) is 16.2. The van der Waals surface area contributed by atoms with Crippen molar-refractivity contribution in [2.45, 2.75) is 107 Å². The van der Waals surface area contributed by atoms with Crippen LogP contribution in [0.4, 0.5) is 4.39 Å². The lowest BCUT2D eigenvalue weighted by Gasteiger charge is -2.38. The van der Waals surface area contributed by atoms with Crippen LogP contribution < -0.4 is 10.6 Å². The summed E-state index contributed by atoms with van der Waals surface area (Å²) in [6.07, 6.45) is 5.48. The first-order valence-corrected chi connectivity index (χ1v) is 17.2. The number of β-amino-alcohol motifs (C(OH)–C–C–N with tert-alkyl or cyclic N) is 1. The molecule has 2 aliphatic carbocycles. The molecule has 2 aromatic rings. The van der Waals surface area contributed by atoms with E-state index >= 15 is 0 Å². The van der Waals surface area contributed by atoms with Gasteiger partial charge in [-0.15, -0.1) is 11.3 Å². The number of alkyl halides is 1. The molecular weight excluding hydrogens is 588 g/mol. The van der Waals surface area contributed by atoms with E-state index in [-0.39, 0.29) is 38.3 Å². The molecule has 0 spiro atoms. The smallest absolute Gasteiger partial charge is 0.258 e. The summed E-state index contributed by atoms with van der Waals surface area (Å²) in [5.41, 5.74) is 2.82. The second kappa shape index (κ2) is 13.2. The molecule has 1 aromatic heterocycles. The fraction of sp³-hybridized carbons (Fsp3) is 0.625. The summed E-state index contributed by atoms with van der Waals surface area (Å²) in [4.78, 5) is 47.2. The first kappa shape index (κ1) is 31.9. The van der Waals surface area contributed by atoms with E-state index in [9.17, 15) is 23.9 Å². The highest BCUT2D eigenvalue weighted by Gasteiger charge is 2.54. The van der Waals surface area contributed by atoms with Crippen molar-refractivity contribution in [2.24, 2.45) is 5.92 Å². The summed E-state index contributed by atoms with van der Waals surface area (Å²) in [6, 6.07) is 5.96. The van der Waals surface area contributed by atoms with Crippen LogP contribution in [-0.2, 0) is 20.9 Å². The predicted molar refractivity (Wildman–Crippen MR) is 168 cm³/mol. The molecular formula is C32H43FN4O4S2. The van der Waals surface area contributed by atoms with Gasteiger partial charge >= 0.3 is 0 Å². The zero-order valence-corrected chi connectivity index (χ0v) is 26.9. The number of hydrogen-bond donors (Lipinski definition) is 3. The monoisotopic (exact) mass is 630 g/mol. The molecule has 8 nitrogen and oxygen atoms in total. The Balaban J connectivity index is 1.26. The number of benzene rings is 1. The lowest BCUT2D eigenvalue weighted by molar-refractivity contribution is -0.143. The average Bonchev–Trinajstić information content (AvgIpc) is 3.41. The van der Waals surface area contributed by atoms with Gasteiger partial charge in [-0.25, -0.2) is 9.37 Å². The maximum absolute atomic E-state index is 14.8. The number of likely N-dealkylation sites (tertiary alicyclic amines) is 1. The number of carbonyl (C=O) groups is 3. The summed E-state index contributed by atoms with van der Waals surface area (Å²) in [6.45, 7) is 6.02. The standard InChI is InChI=1S/C32H43FN4O4S2/c1-20-26(42-19-35-20)23-11-9-21(10-12-23)16-34-28(39)25-15-24(38)17-37(25)29(40)27(36-30(41)32(33)13-14-32)31(2,3)43-18-22-7-5-4-6-8-22/h9-12,19,22,24-25,27,38H,4-8,13-18H2,1-3H3,(H,34,39)(H,36,41)/t24-,25?,27+/m0/s1. The molecule has 1 unspecified atom stereocenters. The Morgan fingerprint density at radius 3 is 2.51 bits per heavy atom. The van der Waals surface area contributed by atoms with Gasteiger partial charge < -0.3 is 20.6 Å². The molecule has 0 bridgehead atoms. The Bertz CT molecular complexity index is 1310. The van der Waals surface area contributed by atoms with Gasteiger partial charge in [-0.05, 0) is 69.3 Å². The molecule has 3 fully saturated rings. The van der Waals surface area contributed by atoms with E-state index in [1.807, 2.05) is 50.5 Å². The normalized spacial score (nSPS) is 22.7. The molecule has 3 aliphatic rings. The molecule has 2 saturated carbocycles. The molecule has 1 saturated heterocycles. The fourth-order valence-corrected chi connectivity index (χ4v) is 8.17. The lowest BCUT2D eigenvalue weighted by atomic mass is 9.91. The molecule has 3 N–H and O–H groups in total. The van der Waals surface area contributed by atoms with Gasteiger partial charge in [0.05, 0.1) is 22.2 Å². The lowest BCUT2D eigenvalue weighted by Crippen LogP contribution is -2.61. The predicted octanol–water partition coefficient (Wildman–Crippen LogP) is 4.78. The van der Waals surface area contributed by atoms with Crippen LogP contribution in [0.1, 0.15) is 76.5 Å². The molecule has 0 radical (unpaired) electrons. The number of hydrogen-bond acceptors (Lipinski definition) is 7. The van der Waals surface area contributed by atoms with Crippen LogP contribution >= 0.6 is 23.1 Å². The third-order valence-electron chi connectivity index (χ3n) is 9.02. The van der Waals surface area contributed by atoms with Gasteiger partial charge in [0.1, 0.15) is 12.1 Å². The number of amides is 3. The van der Waals surface area contributed by atoms with Crippen LogP contribution in [-0.4, -0.2) is 73.6 Å². The molecule has 5 rings (SSSR count). The van der Waals surface area contributed by atoms with Crippen molar-refractivity contribution in [3.05, 3.63) is 41.0 Å². The minimum Gasteiger partial charge on any atom is -0.391 e. The van der Waals surface area contributed by atoms with Crippen LogP contribution in [0.15, 0.2) is 29.8 Å². The Morgan fingerprint density at radius 1 is 1.19 bits per heavy atom. The number of nitrogens with zero attached hydrogens (tertiary/aromatic N) is 2. The van der Waals surface area contributed by atoms with Gasteiger partial charge in [-0.1, -0.05) is 43.5 Å². The van der Waals surface area contributed by atoms with E-state index in [2.05, 4.69) is 15.6 Å². The number of carbonyl (C=O) groups excluding carboxylic acids is 3. The third kappa shape index (κ3) is 7.60. The fourth-order valence-electron chi connectivity index (χ4n) is 6.03. The minimum atomic E-state index is -1.93. The summed E-state index contributed by atoms with van der Waals surface area (Å²) in [5.74, 6) is -0.196. The SMILES string of the molecule is Cc1ncsc1-c1ccc(CNC(=O)C2C[C@H](O)CN2C(=O)[C@@H](NC(=O)C2(F)CC2)C(C)(C)SCC2CCCCC2)cc1. The molecule has 3 amide bonds. The summed E-state index contributed by atoms with van der Waals surface area (Å²) >= 11 is 3.20. The van der Waals surface area contributed by atoms with E-state index in [0.29, 0.717) is 5.92 Å². The molecule has 3 atom stereocenters. The van der Waals surface area contributed by atoms with Gasteiger partial charge in [0.25, 0.3) is 5.91 Å². The quantitative estimate of drug-likeness (QED) is 0.330. The number of rotatable bonds is 11. The second-order valence-corrected chi connectivity index (χ2v) is 15.4. The van der Waals surface area contributed by atoms with Gasteiger partial charge in [0.15, 0.2) is 5.67 Å². The first-order chi connectivity index (χ1) is 20.5. The Hall–Kier alpha value is -2.50. The number of aliphatic hydroxyl groups is 1. The van der Waals surface area contributed by atoms with Gasteiger partial charge in [0.2, 0.25) is 11.8 Å².